The van der Waals surface area contributed by atoms with Gasteiger partial charge in [0.1, 0.15) is 0 Å². The largest absolute Gasteiger partial charge is 0.352 e. The zero-order valence-electron chi connectivity index (χ0n) is 9.60. The van der Waals surface area contributed by atoms with Gasteiger partial charge in [-0.2, -0.15) is 0 Å². The number of hydrogen-bond donors (Lipinski definition) is 2. The molecule has 2 aromatic heterocycles. The molecule has 2 heterocycles. The van der Waals surface area contributed by atoms with Crippen LogP contribution in [0.5, 0.6) is 0 Å². The molecule has 0 spiro atoms. The Labute approximate surface area is 99.3 Å². The fraction of sp³-hybridized carbons (Fsp3) is 0.250. The second-order valence-corrected chi connectivity index (χ2v) is 3.77. The van der Waals surface area contributed by atoms with E-state index in [1.165, 1.54) is 0 Å². The molecule has 0 bridgehead atoms. The Kier molecular flexibility index (Phi) is 3.49. The lowest BCUT2D eigenvalue weighted by atomic mass is 10.2. The number of pyridine rings is 1. The van der Waals surface area contributed by atoms with Crippen LogP contribution in [-0.2, 0) is 6.42 Å². The predicted molar refractivity (Wildman–Crippen MR) is 63.6 cm³/mol. The highest BCUT2D eigenvalue weighted by molar-refractivity contribution is 5.94. The summed E-state index contributed by atoms with van der Waals surface area (Å²) in [6.07, 6.45) is 5.76. The van der Waals surface area contributed by atoms with E-state index in [-0.39, 0.29) is 5.91 Å². The lowest BCUT2D eigenvalue weighted by molar-refractivity contribution is 0.0954. The average molecular weight is 230 g/mol. The molecule has 0 saturated carbocycles. The van der Waals surface area contributed by atoms with E-state index in [0.29, 0.717) is 12.1 Å². The summed E-state index contributed by atoms with van der Waals surface area (Å²) >= 11 is 0. The lowest BCUT2D eigenvalue weighted by Gasteiger charge is -2.04. The number of aromatic nitrogens is 3. The summed E-state index contributed by atoms with van der Waals surface area (Å²) in [5.74, 6) is -0.0741. The van der Waals surface area contributed by atoms with Crippen LogP contribution in [0.4, 0.5) is 0 Å². The number of carbonyl (C=O) groups is 1. The number of aromatic amines is 1. The van der Waals surface area contributed by atoms with Gasteiger partial charge in [0.15, 0.2) is 0 Å². The summed E-state index contributed by atoms with van der Waals surface area (Å²) in [4.78, 5) is 22.7. The molecule has 0 aliphatic heterocycles. The molecule has 0 radical (unpaired) electrons. The maximum atomic E-state index is 11.8. The normalized spacial score (nSPS) is 10.2. The van der Waals surface area contributed by atoms with E-state index in [4.69, 9.17) is 0 Å². The number of nitrogens with one attached hydrogen (secondary N) is 2. The molecule has 17 heavy (non-hydrogen) atoms. The predicted octanol–water partition coefficient (Wildman–Crippen LogP) is 1.09. The van der Waals surface area contributed by atoms with Crippen molar-refractivity contribution >= 4 is 5.91 Å². The molecule has 88 valence electrons. The smallest absolute Gasteiger partial charge is 0.251 e. The zero-order valence-corrected chi connectivity index (χ0v) is 9.60. The maximum absolute atomic E-state index is 11.8. The molecule has 0 unspecified atom stereocenters. The number of aryl methyl sites for hydroxylation is 1. The van der Waals surface area contributed by atoms with Crippen LogP contribution in [0.1, 0.15) is 21.7 Å². The van der Waals surface area contributed by atoms with Gasteiger partial charge in [0.25, 0.3) is 5.91 Å². The Morgan fingerprint density at radius 1 is 1.53 bits per heavy atom. The van der Waals surface area contributed by atoms with E-state index in [2.05, 4.69) is 20.3 Å². The number of carbonyl (C=O) groups excluding carboxylic acids is 1. The van der Waals surface area contributed by atoms with E-state index in [1.807, 2.05) is 6.92 Å². The first kappa shape index (κ1) is 11.3. The van der Waals surface area contributed by atoms with Crippen molar-refractivity contribution in [3.8, 4) is 0 Å². The van der Waals surface area contributed by atoms with Crippen LogP contribution >= 0.6 is 0 Å². The Bertz CT molecular complexity index is 493. The molecule has 0 aromatic carbocycles. The highest BCUT2D eigenvalue weighted by Gasteiger charge is 2.05. The topological polar surface area (TPSA) is 70.7 Å². The fourth-order valence-electron chi connectivity index (χ4n) is 1.52. The van der Waals surface area contributed by atoms with Gasteiger partial charge in [0.2, 0.25) is 0 Å². The first-order chi connectivity index (χ1) is 8.25. The third-order valence-corrected chi connectivity index (χ3v) is 2.39. The van der Waals surface area contributed by atoms with E-state index in [1.54, 1.807) is 30.9 Å². The summed E-state index contributed by atoms with van der Waals surface area (Å²) in [6.45, 7) is 2.45. The van der Waals surface area contributed by atoms with Crippen molar-refractivity contribution in [1.29, 1.82) is 0 Å². The van der Waals surface area contributed by atoms with Gasteiger partial charge in [-0.15, -0.1) is 0 Å². The molecule has 0 aliphatic rings. The first-order valence-electron chi connectivity index (χ1n) is 5.44. The van der Waals surface area contributed by atoms with Gasteiger partial charge in [-0.3, -0.25) is 9.78 Å². The number of amides is 1. The average Bonchev–Trinajstić information content (AvgIpc) is 2.82. The molecule has 2 rings (SSSR count). The monoisotopic (exact) mass is 230 g/mol. The second kappa shape index (κ2) is 5.25. The minimum Gasteiger partial charge on any atom is -0.352 e. The number of rotatable bonds is 4. The van der Waals surface area contributed by atoms with Crippen LogP contribution in [0.3, 0.4) is 0 Å². The second-order valence-electron chi connectivity index (χ2n) is 3.77. The third kappa shape index (κ3) is 3.14. The molecule has 2 aromatic rings. The Morgan fingerprint density at radius 3 is 3.12 bits per heavy atom. The Morgan fingerprint density at radius 2 is 2.41 bits per heavy atom. The molecular weight excluding hydrogens is 216 g/mol. The van der Waals surface area contributed by atoms with E-state index in [0.717, 1.165) is 17.8 Å². The van der Waals surface area contributed by atoms with Crippen molar-refractivity contribution in [3.63, 3.8) is 0 Å². The zero-order chi connectivity index (χ0) is 12.1. The Hall–Kier alpha value is -2.17. The SMILES string of the molecule is Cc1cc(C(=O)NCCc2cnc[nH]2)ccn1. The minimum absolute atomic E-state index is 0.0741. The summed E-state index contributed by atoms with van der Waals surface area (Å²) in [5, 5.41) is 2.85. The van der Waals surface area contributed by atoms with Crippen LogP contribution in [0.2, 0.25) is 0 Å². The van der Waals surface area contributed by atoms with Gasteiger partial charge in [-0.05, 0) is 19.1 Å². The van der Waals surface area contributed by atoms with E-state index >= 15 is 0 Å². The molecule has 2 N–H and O–H groups in total. The summed E-state index contributed by atoms with van der Waals surface area (Å²) < 4.78 is 0. The van der Waals surface area contributed by atoms with Gasteiger partial charge in [-0.25, -0.2) is 4.98 Å². The van der Waals surface area contributed by atoms with E-state index in [9.17, 15) is 4.79 Å². The van der Waals surface area contributed by atoms with Crippen LogP contribution in [0, 0.1) is 6.92 Å². The molecule has 0 saturated heterocycles. The summed E-state index contributed by atoms with van der Waals surface area (Å²) in [5.41, 5.74) is 2.49. The molecule has 5 heteroatoms. The van der Waals surface area contributed by atoms with Crippen molar-refractivity contribution in [2.75, 3.05) is 6.54 Å². The number of nitrogens with zero attached hydrogens (tertiary/aromatic N) is 2. The molecule has 5 nitrogen and oxygen atoms in total. The number of hydrogen-bond acceptors (Lipinski definition) is 3. The number of H-pyrrole nitrogens is 1. The third-order valence-electron chi connectivity index (χ3n) is 2.39. The molecular formula is C12H14N4O. The molecule has 0 aliphatic carbocycles. The van der Waals surface area contributed by atoms with Crippen LogP contribution in [0.15, 0.2) is 30.9 Å². The van der Waals surface area contributed by atoms with E-state index < -0.39 is 0 Å². The van der Waals surface area contributed by atoms with Gasteiger partial charge < -0.3 is 10.3 Å². The summed E-state index contributed by atoms with van der Waals surface area (Å²) in [7, 11) is 0. The van der Waals surface area contributed by atoms with Crippen molar-refractivity contribution in [2.45, 2.75) is 13.3 Å². The van der Waals surface area contributed by atoms with Crippen LogP contribution in [0.25, 0.3) is 0 Å². The van der Waals surface area contributed by atoms with Gasteiger partial charge in [0.05, 0.1) is 6.33 Å². The molecule has 0 atom stereocenters. The van der Waals surface area contributed by atoms with Crippen molar-refractivity contribution < 1.29 is 4.79 Å². The summed E-state index contributed by atoms with van der Waals surface area (Å²) in [6, 6.07) is 3.48. The standard InChI is InChI=1S/C12H14N4O/c1-9-6-10(2-4-14-9)12(17)15-5-3-11-7-13-8-16-11/h2,4,6-8H,3,5H2,1H3,(H,13,16)(H,15,17). The molecule has 1 amide bonds. The van der Waals surface area contributed by atoms with Gasteiger partial charge in [0, 0.05) is 42.3 Å². The van der Waals surface area contributed by atoms with Crippen molar-refractivity contribution in [3.05, 3.63) is 47.8 Å². The maximum Gasteiger partial charge on any atom is 0.251 e. The van der Waals surface area contributed by atoms with Gasteiger partial charge in [-0.1, -0.05) is 0 Å². The molecule has 0 fully saturated rings. The highest BCUT2D eigenvalue weighted by atomic mass is 16.1. The fourth-order valence-corrected chi connectivity index (χ4v) is 1.52. The lowest BCUT2D eigenvalue weighted by Crippen LogP contribution is -2.25. The van der Waals surface area contributed by atoms with Crippen LogP contribution < -0.4 is 5.32 Å². The highest BCUT2D eigenvalue weighted by Crippen LogP contribution is 2.00. The van der Waals surface area contributed by atoms with Crippen molar-refractivity contribution in [1.82, 2.24) is 20.3 Å². The minimum atomic E-state index is -0.0741. The number of imidazole rings is 1. The first-order valence-corrected chi connectivity index (χ1v) is 5.44. The Balaban J connectivity index is 1.85. The quantitative estimate of drug-likeness (QED) is 0.825. The van der Waals surface area contributed by atoms with Gasteiger partial charge >= 0.3 is 0 Å². The van der Waals surface area contributed by atoms with Crippen molar-refractivity contribution in [2.24, 2.45) is 0 Å². The van der Waals surface area contributed by atoms with Crippen LogP contribution in [-0.4, -0.2) is 27.4 Å².